The van der Waals surface area contributed by atoms with Crippen LogP contribution in [0.1, 0.15) is 11.1 Å². The molecule has 0 atom stereocenters. The predicted molar refractivity (Wildman–Crippen MR) is 115 cm³/mol. The van der Waals surface area contributed by atoms with Crippen molar-refractivity contribution in [3.8, 4) is 11.5 Å². The van der Waals surface area contributed by atoms with E-state index < -0.39 is 0 Å². The lowest BCUT2D eigenvalue weighted by Crippen LogP contribution is -2.03. The van der Waals surface area contributed by atoms with Crippen molar-refractivity contribution >= 4 is 44.8 Å². The van der Waals surface area contributed by atoms with Gasteiger partial charge in [-0.05, 0) is 69.5 Å². The zero-order valence-electron chi connectivity index (χ0n) is 14.9. The average Bonchev–Trinajstić information content (AvgIpc) is 2.67. The summed E-state index contributed by atoms with van der Waals surface area (Å²) in [5, 5.41) is 4.29. The van der Waals surface area contributed by atoms with Gasteiger partial charge in [0.1, 0.15) is 12.4 Å². The van der Waals surface area contributed by atoms with Crippen LogP contribution in [-0.2, 0) is 13.2 Å². The minimum absolute atomic E-state index is 0.230. The van der Waals surface area contributed by atoms with E-state index in [0.29, 0.717) is 28.1 Å². The minimum atomic E-state index is -0.296. The number of benzene rings is 3. The van der Waals surface area contributed by atoms with Gasteiger partial charge in [0.05, 0.1) is 21.6 Å². The molecule has 28 heavy (non-hydrogen) atoms. The van der Waals surface area contributed by atoms with E-state index in [1.165, 1.54) is 12.1 Å². The summed E-state index contributed by atoms with van der Waals surface area (Å²) in [5.41, 5.74) is 2.57. The van der Waals surface area contributed by atoms with E-state index in [4.69, 9.17) is 32.7 Å². The molecule has 0 aliphatic rings. The van der Waals surface area contributed by atoms with E-state index in [9.17, 15) is 4.39 Å². The molecule has 0 amide bonds. The number of anilines is 1. The van der Waals surface area contributed by atoms with Crippen molar-refractivity contribution in [1.82, 2.24) is 0 Å². The highest BCUT2D eigenvalue weighted by Gasteiger charge is 2.12. The van der Waals surface area contributed by atoms with Crippen LogP contribution in [0.2, 0.25) is 10.0 Å². The highest BCUT2D eigenvalue weighted by Crippen LogP contribution is 2.37. The van der Waals surface area contributed by atoms with E-state index in [1.54, 1.807) is 31.4 Å². The van der Waals surface area contributed by atoms with Crippen molar-refractivity contribution in [2.24, 2.45) is 0 Å². The van der Waals surface area contributed by atoms with E-state index in [2.05, 4.69) is 21.2 Å². The molecule has 0 saturated heterocycles. The number of rotatable bonds is 7. The Hall–Kier alpha value is -1.95. The Morgan fingerprint density at radius 2 is 1.82 bits per heavy atom. The lowest BCUT2D eigenvalue weighted by atomic mass is 10.2. The van der Waals surface area contributed by atoms with Gasteiger partial charge in [0.2, 0.25) is 0 Å². The van der Waals surface area contributed by atoms with Gasteiger partial charge < -0.3 is 14.8 Å². The van der Waals surface area contributed by atoms with Crippen LogP contribution in [0.4, 0.5) is 10.1 Å². The molecule has 7 heteroatoms. The molecular formula is C21H17BrCl2FNO2. The van der Waals surface area contributed by atoms with Crippen molar-refractivity contribution in [2.75, 3.05) is 12.4 Å². The van der Waals surface area contributed by atoms with Gasteiger partial charge in [-0.25, -0.2) is 4.39 Å². The van der Waals surface area contributed by atoms with E-state index in [0.717, 1.165) is 21.3 Å². The summed E-state index contributed by atoms with van der Waals surface area (Å²) in [6.45, 7) is 0.782. The molecule has 3 aromatic rings. The summed E-state index contributed by atoms with van der Waals surface area (Å²) in [6, 6.07) is 15.5. The number of hydrogen-bond donors (Lipinski definition) is 1. The maximum atomic E-state index is 13.3. The lowest BCUT2D eigenvalue weighted by Gasteiger charge is -2.15. The van der Waals surface area contributed by atoms with Crippen LogP contribution >= 0.6 is 39.1 Å². The first-order valence-electron chi connectivity index (χ1n) is 8.39. The van der Waals surface area contributed by atoms with E-state index >= 15 is 0 Å². The number of nitrogens with one attached hydrogen (secondary N) is 1. The van der Waals surface area contributed by atoms with Crippen LogP contribution in [0, 0.1) is 5.82 Å². The molecule has 0 aliphatic carbocycles. The van der Waals surface area contributed by atoms with Crippen molar-refractivity contribution < 1.29 is 13.9 Å². The standard InChI is InChI=1S/C21H17BrCl2FNO2/c1-27-20-9-14(11-26-16-5-6-18(23)19(24)10-16)8-17(22)21(20)28-12-13-3-2-4-15(25)7-13/h2-10,26H,11-12H2,1H3. The van der Waals surface area contributed by atoms with Crippen LogP contribution in [0.3, 0.4) is 0 Å². The smallest absolute Gasteiger partial charge is 0.175 e. The monoisotopic (exact) mass is 483 g/mol. The largest absolute Gasteiger partial charge is 0.493 e. The van der Waals surface area contributed by atoms with Gasteiger partial charge in [-0.3, -0.25) is 0 Å². The Morgan fingerprint density at radius 1 is 1.00 bits per heavy atom. The topological polar surface area (TPSA) is 30.5 Å². The van der Waals surface area contributed by atoms with Gasteiger partial charge in [0, 0.05) is 12.2 Å². The molecule has 1 N–H and O–H groups in total. The first-order chi connectivity index (χ1) is 13.5. The third-order valence-electron chi connectivity index (χ3n) is 3.98. The fourth-order valence-corrected chi connectivity index (χ4v) is 3.51. The first kappa shape index (κ1) is 20.8. The van der Waals surface area contributed by atoms with Crippen LogP contribution in [0.25, 0.3) is 0 Å². The molecule has 3 rings (SSSR count). The highest BCUT2D eigenvalue weighted by molar-refractivity contribution is 9.10. The van der Waals surface area contributed by atoms with Crippen molar-refractivity contribution in [3.63, 3.8) is 0 Å². The van der Waals surface area contributed by atoms with Crippen molar-refractivity contribution in [1.29, 1.82) is 0 Å². The molecule has 3 aromatic carbocycles. The second-order valence-corrected chi connectivity index (χ2v) is 7.68. The third-order valence-corrected chi connectivity index (χ3v) is 5.31. The lowest BCUT2D eigenvalue weighted by molar-refractivity contribution is 0.282. The molecule has 146 valence electrons. The Bertz CT molecular complexity index is 985. The number of ether oxygens (including phenoxy) is 2. The summed E-state index contributed by atoms with van der Waals surface area (Å²) in [6.07, 6.45) is 0. The summed E-state index contributed by atoms with van der Waals surface area (Å²) in [5.74, 6) is 0.845. The molecule has 0 saturated carbocycles. The molecule has 0 unspecified atom stereocenters. The molecular weight excluding hydrogens is 468 g/mol. The molecule has 3 nitrogen and oxygen atoms in total. The maximum Gasteiger partial charge on any atom is 0.175 e. The summed E-state index contributed by atoms with van der Waals surface area (Å²) in [7, 11) is 1.58. The molecule has 0 bridgehead atoms. The highest BCUT2D eigenvalue weighted by atomic mass is 79.9. The summed E-state index contributed by atoms with van der Waals surface area (Å²) >= 11 is 15.5. The SMILES string of the molecule is COc1cc(CNc2ccc(Cl)c(Cl)c2)cc(Br)c1OCc1cccc(F)c1. The Morgan fingerprint density at radius 3 is 2.54 bits per heavy atom. The summed E-state index contributed by atoms with van der Waals surface area (Å²) < 4.78 is 25.4. The van der Waals surface area contributed by atoms with E-state index in [-0.39, 0.29) is 12.4 Å². The molecule has 0 fully saturated rings. The molecule has 0 aromatic heterocycles. The number of hydrogen-bond acceptors (Lipinski definition) is 3. The van der Waals surface area contributed by atoms with Crippen LogP contribution < -0.4 is 14.8 Å². The van der Waals surface area contributed by atoms with Crippen LogP contribution in [0.15, 0.2) is 59.1 Å². The number of halogens is 4. The van der Waals surface area contributed by atoms with E-state index in [1.807, 2.05) is 18.2 Å². The van der Waals surface area contributed by atoms with Gasteiger partial charge in [-0.2, -0.15) is 0 Å². The maximum absolute atomic E-state index is 13.3. The summed E-state index contributed by atoms with van der Waals surface area (Å²) in [4.78, 5) is 0. The average molecular weight is 485 g/mol. The number of methoxy groups -OCH3 is 1. The quantitative estimate of drug-likeness (QED) is 0.388. The van der Waals surface area contributed by atoms with Crippen LogP contribution in [-0.4, -0.2) is 7.11 Å². The Kier molecular flexibility index (Phi) is 7.05. The fraction of sp³-hybridized carbons (Fsp3) is 0.143. The zero-order chi connectivity index (χ0) is 20.1. The Labute approximate surface area is 181 Å². The normalized spacial score (nSPS) is 10.6. The predicted octanol–water partition coefficient (Wildman–Crippen LogP) is 7.09. The second kappa shape index (κ2) is 9.50. The van der Waals surface area contributed by atoms with Gasteiger partial charge in [0.25, 0.3) is 0 Å². The fourth-order valence-electron chi connectivity index (χ4n) is 2.61. The molecule has 0 radical (unpaired) electrons. The third kappa shape index (κ3) is 5.31. The van der Waals surface area contributed by atoms with Crippen LogP contribution in [0.5, 0.6) is 11.5 Å². The molecule has 0 aliphatic heterocycles. The zero-order valence-corrected chi connectivity index (χ0v) is 18.0. The van der Waals surface area contributed by atoms with Gasteiger partial charge in [0.15, 0.2) is 11.5 Å². The molecule has 0 spiro atoms. The second-order valence-electron chi connectivity index (χ2n) is 6.01. The first-order valence-corrected chi connectivity index (χ1v) is 9.93. The molecule has 0 heterocycles. The van der Waals surface area contributed by atoms with Gasteiger partial charge >= 0.3 is 0 Å². The van der Waals surface area contributed by atoms with Gasteiger partial charge in [-0.1, -0.05) is 35.3 Å². The van der Waals surface area contributed by atoms with Crippen molar-refractivity contribution in [2.45, 2.75) is 13.2 Å². The van der Waals surface area contributed by atoms with Crippen molar-refractivity contribution in [3.05, 3.63) is 86.1 Å². The van der Waals surface area contributed by atoms with Gasteiger partial charge in [-0.15, -0.1) is 0 Å². The minimum Gasteiger partial charge on any atom is -0.493 e. The Balaban J connectivity index is 1.72.